The molecule has 0 aromatic heterocycles. The van der Waals surface area contributed by atoms with Crippen molar-refractivity contribution in [1.82, 2.24) is 5.32 Å². The van der Waals surface area contributed by atoms with Gasteiger partial charge in [0.05, 0.1) is 23.7 Å². The molecule has 1 unspecified atom stereocenters. The molecule has 0 aliphatic carbocycles. The number of amides is 1. The van der Waals surface area contributed by atoms with Crippen molar-refractivity contribution in [3.63, 3.8) is 0 Å². The largest absolute Gasteiger partial charge is 0.495 e. The smallest absolute Gasteiger partial charge is 0.264 e. The highest BCUT2D eigenvalue weighted by Crippen LogP contribution is 2.32. The average Bonchev–Trinajstić information content (AvgIpc) is 2.82. The summed E-state index contributed by atoms with van der Waals surface area (Å²) in [4.78, 5) is 13.4. The Morgan fingerprint density at radius 1 is 0.941 bits per heavy atom. The summed E-state index contributed by atoms with van der Waals surface area (Å²) in [5.74, 6) is 0.316. The highest BCUT2D eigenvalue weighted by Gasteiger charge is 2.30. The van der Waals surface area contributed by atoms with Gasteiger partial charge in [0.25, 0.3) is 10.0 Å². The van der Waals surface area contributed by atoms with Crippen LogP contribution in [0.3, 0.4) is 0 Å². The molecular weight excluding hydrogens is 448 g/mol. The summed E-state index contributed by atoms with van der Waals surface area (Å²) in [6.45, 7) is 5.69. The average molecular weight is 481 g/mol. The minimum Gasteiger partial charge on any atom is -0.495 e. The summed E-state index contributed by atoms with van der Waals surface area (Å²) in [6, 6.07) is 22.9. The van der Waals surface area contributed by atoms with Crippen LogP contribution < -0.4 is 14.4 Å². The van der Waals surface area contributed by atoms with Crippen LogP contribution in [0.2, 0.25) is 0 Å². The molecule has 0 saturated carbocycles. The molecule has 0 aliphatic heterocycles. The molecule has 180 valence electrons. The predicted octanol–water partition coefficient (Wildman–Crippen LogP) is 5.10. The zero-order valence-corrected chi connectivity index (χ0v) is 20.9. The fourth-order valence-corrected chi connectivity index (χ4v) is 5.21. The van der Waals surface area contributed by atoms with E-state index in [9.17, 15) is 13.2 Å². The number of rotatable bonds is 10. The Labute approximate surface area is 202 Å². The van der Waals surface area contributed by atoms with E-state index in [0.717, 1.165) is 21.9 Å². The fourth-order valence-electron chi connectivity index (χ4n) is 3.78. The zero-order chi connectivity index (χ0) is 24.7. The first kappa shape index (κ1) is 25.3. The van der Waals surface area contributed by atoms with Crippen molar-refractivity contribution in [3.05, 3.63) is 90.0 Å². The Kier molecular flexibility index (Phi) is 8.34. The van der Waals surface area contributed by atoms with Gasteiger partial charge in [0, 0.05) is 0 Å². The number of methoxy groups -OCH3 is 1. The number of carbonyl (C=O) groups excluding carboxylic acids is 1. The number of benzene rings is 3. The maximum absolute atomic E-state index is 13.7. The van der Waals surface area contributed by atoms with Gasteiger partial charge in [-0.3, -0.25) is 9.10 Å². The van der Waals surface area contributed by atoms with Gasteiger partial charge in [0.1, 0.15) is 12.3 Å². The number of para-hydroxylation sites is 2. The summed E-state index contributed by atoms with van der Waals surface area (Å²) < 4.78 is 33.9. The summed E-state index contributed by atoms with van der Waals surface area (Å²) in [5.41, 5.74) is 2.23. The standard InChI is InChI=1S/C27H32N2O4S/c1-20(2)18-24(22-10-6-5-7-11-22)28-27(30)19-29(25-12-8-9-13-26(25)33-4)34(31,32)23-16-14-21(3)15-17-23/h5-17,20,24H,18-19H2,1-4H3,(H,28,30). The van der Waals surface area contributed by atoms with E-state index < -0.39 is 15.9 Å². The molecule has 3 rings (SSSR count). The summed E-state index contributed by atoms with van der Waals surface area (Å²) in [5, 5.41) is 3.05. The van der Waals surface area contributed by atoms with Gasteiger partial charge < -0.3 is 10.1 Å². The number of anilines is 1. The van der Waals surface area contributed by atoms with Crippen LogP contribution in [0.4, 0.5) is 5.69 Å². The van der Waals surface area contributed by atoms with Gasteiger partial charge in [0.15, 0.2) is 0 Å². The fraction of sp³-hybridized carbons (Fsp3) is 0.296. The molecule has 1 atom stereocenters. The Morgan fingerprint density at radius 2 is 1.56 bits per heavy atom. The van der Waals surface area contributed by atoms with Crippen molar-refractivity contribution in [2.24, 2.45) is 5.92 Å². The first-order valence-electron chi connectivity index (χ1n) is 11.3. The Bertz CT molecular complexity index is 1190. The Balaban J connectivity index is 1.96. The number of aryl methyl sites for hydroxylation is 1. The third-order valence-electron chi connectivity index (χ3n) is 5.49. The van der Waals surface area contributed by atoms with Crippen molar-refractivity contribution in [2.45, 2.75) is 38.1 Å². The van der Waals surface area contributed by atoms with E-state index in [0.29, 0.717) is 17.4 Å². The van der Waals surface area contributed by atoms with E-state index in [1.54, 1.807) is 48.5 Å². The summed E-state index contributed by atoms with van der Waals surface area (Å²) in [6.07, 6.45) is 0.731. The minimum atomic E-state index is -4.03. The predicted molar refractivity (Wildman–Crippen MR) is 135 cm³/mol. The van der Waals surface area contributed by atoms with Gasteiger partial charge in [-0.25, -0.2) is 8.42 Å². The number of hydrogen-bond acceptors (Lipinski definition) is 4. The molecule has 0 fully saturated rings. The molecule has 1 amide bonds. The lowest BCUT2D eigenvalue weighted by atomic mass is 9.97. The molecule has 0 radical (unpaired) electrons. The van der Waals surface area contributed by atoms with E-state index in [2.05, 4.69) is 19.2 Å². The van der Waals surface area contributed by atoms with Crippen molar-refractivity contribution in [2.75, 3.05) is 18.0 Å². The molecule has 0 bridgehead atoms. The third-order valence-corrected chi connectivity index (χ3v) is 7.27. The minimum absolute atomic E-state index is 0.110. The number of sulfonamides is 1. The maximum atomic E-state index is 13.7. The molecule has 3 aromatic carbocycles. The molecule has 6 nitrogen and oxygen atoms in total. The molecule has 0 spiro atoms. The van der Waals surface area contributed by atoms with Crippen LogP contribution in [0.1, 0.15) is 37.4 Å². The van der Waals surface area contributed by atoms with Gasteiger partial charge in [0.2, 0.25) is 5.91 Å². The molecule has 34 heavy (non-hydrogen) atoms. The van der Waals surface area contributed by atoms with E-state index in [1.165, 1.54) is 7.11 Å². The van der Waals surface area contributed by atoms with Crippen molar-refractivity contribution in [1.29, 1.82) is 0 Å². The van der Waals surface area contributed by atoms with Crippen LogP contribution in [0, 0.1) is 12.8 Å². The van der Waals surface area contributed by atoms with Gasteiger partial charge >= 0.3 is 0 Å². The second-order valence-electron chi connectivity index (χ2n) is 8.66. The number of nitrogens with zero attached hydrogens (tertiary/aromatic N) is 1. The van der Waals surface area contributed by atoms with Crippen molar-refractivity contribution >= 4 is 21.6 Å². The topological polar surface area (TPSA) is 75.7 Å². The van der Waals surface area contributed by atoms with Gasteiger partial charge in [-0.05, 0) is 49.1 Å². The van der Waals surface area contributed by atoms with Crippen LogP contribution in [0.15, 0.2) is 83.8 Å². The monoisotopic (exact) mass is 480 g/mol. The second-order valence-corrected chi connectivity index (χ2v) is 10.5. The van der Waals surface area contributed by atoms with Crippen LogP contribution in [-0.4, -0.2) is 28.0 Å². The number of carbonyl (C=O) groups is 1. The lowest BCUT2D eigenvalue weighted by Crippen LogP contribution is -2.42. The van der Waals surface area contributed by atoms with E-state index in [-0.39, 0.29) is 17.5 Å². The van der Waals surface area contributed by atoms with Crippen LogP contribution in [-0.2, 0) is 14.8 Å². The number of nitrogens with one attached hydrogen (secondary N) is 1. The second kappa shape index (κ2) is 11.2. The highest BCUT2D eigenvalue weighted by molar-refractivity contribution is 7.92. The lowest BCUT2D eigenvalue weighted by Gasteiger charge is -2.27. The molecule has 0 aliphatic rings. The molecule has 3 aromatic rings. The first-order chi connectivity index (χ1) is 16.2. The number of hydrogen-bond donors (Lipinski definition) is 1. The van der Waals surface area contributed by atoms with Crippen LogP contribution >= 0.6 is 0 Å². The molecule has 0 heterocycles. The molecule has 7 heteroatoms. The quantitative estimate of drug-likeness (QED) is 0.438. The Morgan fingerprint density at radius 3 is 2.18 bits per heavy atom. The summed E-state index contributed by atoms with van der Waals surface area (Å²) in [7, 11) is -2.55. The van der Waals surface area contributed by atoms with Crippen LogP contribution in [0.5, 0.6) is 5.75 Å². The normalized spacial score (nSPS) is 12.3. The maximum Gasteiger partial charge on any atom is 0.264 e. The van der Waals surface area contributed by atoms with Gasteiger partial charge in [-0.15, -0.1) is 0 Å². The lowest BCUT2D eigenvalue weighted by molar-refractivity contribution is -0.120. The Hall–Kier alpha value is -3.32. The third kappa shape index (κ3) is 6.17. The zero-order valence-electron chi connectivity index (χ0n) is 20.1. The number of ether oxygens (including phenoxy) is 1. The van der Waals surface area contributed by atoms with E-state index in [1.807, 2.05) is 37.3 Å². The van der Waals surface area contributed by atoms with Gasteiger partial charge in [-0.1, -0.05) is 74.0 Å². The summed E-state index contributed by atoms with van der Waals surface area (Å²) >= 11 is 0. The van der Waals surface area contributed by atoms with Crippen molar-refractivity contribution < 1.29 is 17.9 Å². The highest BCUT2D eigenvalue weighted by atomic mass is 32.2. The van der Waals surface area contributed by atoms with Crippen molar-refractivity contribution in [3.8, 4) is 5.75 Å². The molecule has 1 N–H and O–H groups in total. The van der Waals surface area contributed by atoms with E-state index in [4.69, 9.17) is 4.74 Å². The molecule has 0 saturated heterocycles. The van der Waals surface area contributed by atoms with Crippen LogP contribution in [0.25, 0.3) is 0 Å². The SMILES string of the molecule is COc1ccccc1N(CC(=O)NC(CC(C)C)c1ccccc1)S(=O)(=O)c1ccc(C)cc1. The van der Waals surface area contributed by atoms with E-state index >= 15 is 0 Å². The van der Waals surface area contributed by atoms with Gasteiger partial charge in [-0.2, -0.15) is 0 Å². The molecular formula is C27H32N2O4S. The first-order valence-corrected chi connectivity index (χ1v) is 12.7.